The van der Waals surface area contributed by atoms with Crippen LogP contribution < -0.4 is 15.2 Å². The van der Waals surface area contributed by atoms with Crippen molar-refractivity contribution >= 4 is 65.3 Å². The molecule has 10 nitrogen and oxygen atoms in total. The monoisotopic (exact) mass is 578 g/mol. The fourth-order valence-corrected chi connectivity index (χ4v) is 5.97. The number of likely N-dealkylation sites (tertiary alicyclic amines) is 1. The Morgan fingerprint density at radius 3 is 2.83 bits per heavy atom. The average molecular weight is 579 g/mol. The second-order valence-corrected chi connectivity index (χ2v) is 10.6. The Labute approximate surface area is 216 Å². The average Bonchev–Trinajstić information content (AvgIpc) is 3.46. The number of aromatic nitrogens is 4. The number of rotatable bonds is 8. The molecule has 0 radical (unpaired) electrons. The Kier molecular flexibility index (Phi) is 7.43. The summed E-state index contributed by atoms with van der Waals surface area (Å²) in [5, 5.41) is 0.781. The number of amides is 1. The van der Waals surface area contributed by atoms with Gasteiger partial charge in [0.25, 0.3) is 0 Å². The van der Waals surface area contributed by atoms with Gasteiger partial charge in [0.1, 0.15) is 12.9 Å². The highest BCUT2D eigenvalue weighted by Crippen LogP contribution is 2.43. The maximum absolute atomic E-state index is 12.2. The predicted octanol–water partition coefficient (Wildman–Crippen LogP) is 3.99. The van der Waals surface area contributed by atoms with E-state index in [4.69, 9.17) is 24.7 Å². The van der Waals surface area contributed by atoms with Crippen LogP contribution in [0.3, 0.4) is 0 Å². The number of fused-ring (bicyclic) bond motifs is 2. The summed E-state index contributed by atoms with van der Waals surface area (Å²) in [6.45, 7) is 2.53. The standard InChI is InChI=1S/C22H24BrN6O4PS/c1-34-33-10-18(30)28-5-2-13(3-6-28)4-7-29-21-19(20(24)25-11-26-21)27-22(29)35-17-9-16-15(8-14(17)23)31-12-32-16/h8-9,11,13H,1-7,10,12H2,(H2,24,25,26). The van der Waals surface area contributed by atoms with E-state index in [1.165, 1.54) is 18.1 Å². The van der Waals surface area contributed by atoms with E-state index in [0.29, 0.717) is 42.8 Å². The Balaban J connectivity index is 1.32. The Bertz CT molecular complexity index is 1270. The number of halogens is 1. The first-order valence-corrected chi connectivity index (χ1v) is 13.7. The maximum Gasteiger partial charge on any atom is 0.249 e. The quantitative estimate of drug-likeness (QED) is 0.396. The summed E-state index contributed by atoms with van der Waals surface area (Å²) in [6, 6.07) is 3.85. The van der Waals surface area contributed by atoms with Crippen molar-refractivity contribution < 1.29 is 18.8 Å². The zero-order valence-corrected chi connectivity index (χ0v) is 22.2. The first kappa shape index (κ1) is 24.3. The van der Waals surface area contributed by atoms with Gasteiger partial charge in [0.2, 0.25) is 12.7 Å². The van der Waals surface area contributed by atoms with Gasteiger partial charge in [-0.2, -0.15) is 0 Å². The van der Waals surface area contributed by atoms with Crippen LogP contribution in [-0.2, 0) is 15.9 Å². The fraction of sp³-hybridized carbons (Fsp3) is 0.409. The number of hydrogen-bond acceptors (Lipinski definition) is 9. The molecule has 2 aliphatic heterocycles. The van der Waals surface area contributed by atoms with Gasteiger partial charge in [-0.1, -0.05) is 11.8 Å². The summed E-state index contributed by atoms with van der Waals surface area (Å²) in [5.74, 6) is 2.31. The minimum Gasteiger partial charge on any atom is -0.454 e. The lowest BCUT2D eigenvalue weighted by molar-refractivity contribution is -0.134. The zero-order chi connectivity index (χ0) is 24.4. The van der Waals surface area contributed by atoms with Gasteiger partial charge in [-0.05, 0) is 59.5 Å². The lowest BCUT2D eigenvalue weighted by Gasteiger charge is -2.32. The van der Waals surface area contributed by atoms with Crippen LogP contribution in [0.25, 0.3) is 11.2 Å². The van der Waals surface area contributed by atoms with Crippen molar-refractivity contribution in [2.45, 2.75) is 35.9 Å². The van der Waals surface area contributed by atoms with Crippen LogP contribution in [0.15, 0.2) is 33.0 Å². The molecule has 1 amide bonds. The van der Waals surface area contributed by atoms with Gasteiger partial charge in [0, 0.05) is 37.4 Å². The summed E-state index contributed by atoms with van der Waals surface area (Å²) in [6.07, 6.45) is 7.90. The molecule has 13 heteroatoms. The summed E-state index contributed by atoms with van der Waals surface area (Å²) in [7, 11) is 0.525. The number of carbonyl (C=O) groups excluding carboxylic acids is 1. The minimum atomic E-state index is 0.0281. The van der Waals surface area contributed by atoms with Crippen molar-refractivity contribution in [2.75, 3.05) is 32.2 Å². The van der Waals surface area contributed by atoms with Gasteiger partial charge in [0.15, 0.2) is 33.6 Å². The number of aryl methyl sites for hydroxylation is 1. The maximum atomic E-state index is 12.2. The molecule has 0 unspecified atom stereocenters. The summed E-state index contributed by atoms with van der Waals surface area (Å²) < 4.78 is 19.1. The first-order valence-electron chi connectivity index (χ1n) is 11.1. The lowest BCUT2D eigenvalue weighted by atomic mass is 9.93. The van der Waals surface area contributed by atoms with E-state index in [0.717, 1.165) is 53.4 Å². The highest BCUT2D eigenvalue weighted by Gasteiger charge is 2.25. The molecular weight excluding hydrogens is 555 g/mol. The highest BCUT2D eigenvalue weighted by molar-refractivity contribution is 9.10. The van der Waals surface area contributed by atoms with Crippen LogP contribution in [0.4, 0.5) is 5.82 Å². The van der Waals surface area contributed by atoms with Crippen LogP contribution in [0.2, 0.25) is 0 Å². The molecule has 0 atom stereocenters. The SMILES string of the molecule is C=POCC(=O)N1CCC(CCn2c(Sc3cc4c(cc3Br)OCO4)nc3c(N)ncnc32)CC1. The highest BCUT2D eigenvalue weighted by atomic mass is 79.9. The number of nitrogens with zero attached hydrogens (tertiary/aromatic N) is 5. The van der Waals surface area contributed by atoms with E-state index in [-0.39, 0.29) is 19.3 Å². The van der Waals surface area contributed by atoms with E-state index in [1.54, 1.807) is 0 Å². The molecule has 0 saturated carbocycles. The normalized spacial score (nSPS) is 15.9. The van der Waals surface area contributed by atoms with E-state index >= 15 is 0 Å². The summed E-state index contributed by atoms with van der Waals surface area (Å²) >= 11 is 5.15. The smallest absolute Gasteiger partial charge is 0.249 e. The fourth-order valence-electron chi connectivity index (χ4n) is 4.26. The molecule has 4 heterocycles. The molecule has 2 aliphatic rings. The van der Waals surface area contributed by atoms with E-state index in [9.17, 15) is 4.79 Å². The van der Waals surface area contributed by atoms with Gasteiger partial charge in [0.05, 0.1) is 0 Å². The van der Waals surface area contributed by atoms with Crippen LogP contribution in [0, 0.1) is 5.92 Å². The van der Waals surface area contributed by atoms with Gasteiger partial charge < -0.3 is 29.2 Å². The number of benzene rings is 1. The Morgan fingerprint density at radius 2 is 2.06 bits per heavy atom. The van der Waals surface area contributed by atoms with Gasteiger partial charge in [-0.15, -0.1) is 0 Å². The number of piperidine rings is 1. The minimum absolute atomic E-state index is 0.0281. The molecule has 3 aromatic rings. The second kappa shape index (κ2) is 10.7. The van der Waals surface area contributed by atoms with Gasteiger partial charge >= 0.3 is 0 Å². The van der Waals surface area contributed by atoms with Crippen molar-refractivity contribution in [3.05, 3.63) is 22.9 Å². The van der Waals surface area contributed by atoms with Crippen LogP contribution in [0.5, 0.6) is 11.5 Å². The molecule has 2 aromatic heterocycles. The van der Waals surface area contributed by atoms with Crippen molar-refractivity contribution in [3.63, 3.8) is 0 Å². The molecule has 0 spiro atoms. The van der Waals surface area contributed by atoms with Crippen molar-refractivity contribution in [3.8, 4) is 11.5 Å². The number of ether oxygens (including phenoxy) is 2. The molecule has 2 N–H and O–H groups in total. The molecular formula is C22H24BrN6O4PS. The molecule has 1 saturated heterocycles. The summed E-state index contributed by atoms with van der Waals surface area (Å²) in [5.41, 5.74) is 7.43. The van der Waals surface area contributed by atoms with Crippen molar-refractivity contribution in [1.82, 2.24) is 24.4 Å². The van der Waals surface area contributed by atoms with E-state index in [1.807, 2.05) is 17.0 Å². The Hall–Kier alpha value is -2.40. The largest absolute Gasteiger partial charge is 0.454 e. The molecule has 1 aromatic carbocycles. The van der Waals surface area contributed by atoms with Crippen LogP contribution >= 0.6 is 36.1 Å². The number of anilines is 1. The topological polar surface area (TPSA) is 118 Å². The molecule has 35 heavy (non-hydrogen) atoms. The van der Waals surface area contributed by atoms with E-state index in [2.05, 4.69) is 36.8 Å². The second-order valence-electron chi connectivity index (χ2n) is 8.23. The third-order valence-corrected chi connectivity index (χ3v) is 8.44. The van der Waals surface area contributed by atoms with Crippen LogP contribution in [-0.4, -0.2) is 63.1 Å². The third kappa shape index (κ3) is 5.25. The summed E-state index contributed by atoms with van der Waals surface area (Å²) in [4.78, 5) is 28.4. The third-order valence-electron chi connectivity index (χ3n) is 6.16. The van der Waals surface area contributed by atoms with Crippen LogP contribution in [0.1, 0.15) is 19.3 Å². The molecule has 0 aliphatic carbocycles. The predicted molar refractivity (Wildman–Crippen MR) is 138 cm³/mol. The molecule has 184 valence electrons. The molecule has 0 bridgehead atoms. The number of hydrogen-bond donors (Lipinski definition) is 1. The van der Waals surface area contributed by atoms with Crippen molar-refractivity contribution in [2.24, 2.45) is 5.92 Å². The Morgan fingerprint density at radius 1 is 1.29 bits per heavy atom. The molecule has 5 rings (SSSR count). The van der Waals surface area contributed by atoms with Gasteiger partial charge in [-0.25, -0.2) is 15.0 Å². The number of carbonyl (C=O) groups is 1. The van der Waals surface area contributed by atoms with E-state index < -0.39 is 0 Å². The van der Waals surface area contributed by atoms with Gasteiger partial charge in [-0.3, -0.25) is 4.79 Å². The zero-order valence-electron chi connectivity index (χ0n) is 18.9. The number of imidazole rings is 1. The number of nitrogens with two attached hydrogens (primary N) is 1. The first-order chi connectivity index (χ1) is 17.0. The lowest BCUT2D eigenvalue weighted by Crippen LogP contribution is -2.40. The number of nitrogen functional groups attached to an aromatic ring is 1. The van der Waals surface area contributed by atoms with Crippen molar-refractivity contribution in [1.29, 1.82) is 0 Å². The molecule has 1 fully saturated rings.